The number of nitrogens with zero attached hydrogens (tertiary/aromatic N) is 4. The zero-order valence-corrected chi connectivity index (χ0v) is 20.9. The second kappa shape index (κ2) is 9.88. The summed E-state index contributed by atoms with van der Waals surface area (Å²) in [7, 11) is 0. The molecule has 1 fully saturated rings. The molecule has 0 unspecified atom stereocenters. The van der Waals surface area contributed by atoms with E-state index in [9.17, 15) is 9.59 Å². The van der Waals surface area contributed by atoms with Crippen molar-refractivity contribution < 1.29 is 4.79 Å². The van der Waals surface area contributed by atoms with Crippen molar-refractivity contribution in [3.05, 3.63) is 50.9 Å². The Bertz CT molecular complexity index is 1260. The minimum atomic E-state index is -0.0910. The third-order valence-corrected chi connectivity index (χ3v) is 8.39. The highest BCUT2D eigenvalue weighted by molar-refractivity contribution is 7.18. The van der Waals surface area contributed by atoms with Crippen molar-refractivity contribution in [2.45, 2.75) is 52.5 Å². The second-order valence-electron chi connectivity index (χ2n) is 9.35. The lowest BCUT2D eigenvalue weighted by Gasteiger charge is -2.35. The van der Waals surface area contributed by atoms with Crippen LogP contribution < -0.4 is 15.8 Å². The third-order valence-electron chi connectivity index (χ3n) is 7.19. The van der Waals surface area contributed by atoms with Gasteiger partial charge in [0, 0.05) is 55.4 Å². The fourth-order valence-electron chi connectivity index (χ4n) is 5.08. The van der Waals surface area contributed by atoms with E-state index in [1.165, 1.54) is 22.5 Å². The Morgan fingerprint density at radius 3 is 2.71 bits per heavy atom. The molecule has 0 bridgehead atoms. The number of benzene rings is 1. The molecule has 1 saturated heterocycles. The highest BCUT2D eigenvalue weighted by Gasteiger charge is 2.20. The highest BCUT2D eigenvalue weighted by atomic mass is 32.1. The van der Waals surface area contributed by atoms with Gasteiger partial charge in [-0.1, -0.05) is 6.92 Å². The van der Waals surface area contributed by atoms with Gasteiger partial charge in [0.15, 0.2) is 0 Å². The quantitative estimate of drug-likeness (QED) is 0.582. The average molecular weight is 480 g/mol. The van der Waals surface area contributed by atoms with Gasteiger partial charge >= 0.3 is 0 Å². The van der Waals surface area contributed by atoms with Gasteiger partial charge in [-0.2, -0.15) is 0 Å². The fraction of sp³-hybridized carbons (Fsp3) is 0.500. The molecular formula is C26H33N5O2S. The van der Waals surface area contributed by atoms with E-state index in [-0.39, 0.29) is 17.9 Å². The minimum absolute atomic E-state index is 0.0131. The third kappa shape index (κ3) is 4.61. The Labute approximate surface area is 204 Å². The van der Waals surface area contributed by atoms with Gasteiger partial charge in [0.1, 0.15) is 4.83 Å². The van der Waals surface area contributed by atoms with Crippen LogP contribution in [0.4, 0.5) is 11.4 Å². The first kappa shape index (κ1) is 23.1. The molecule has 1 N–H and O–H groups in total. The standard InChI is InChI=1S/C26H33N5O2S/c1-3-29-12-14-30(15-13-29)19-8-9-21(18(2)16-19)28-23(32)10-11-31-17-27-25-24(26(31)33)20-6-4-5-7-22(20)34-25/h8-9,16-17H,3-7,10-15H2,1-2H3,(H,28,32). The number of aromatic nitrogens is 2. The van der Waals surface area contributed by atoms with E-state index >= 15 is 0 Å². The number of likely N-dealkylation sites (N-methyl/N-ethyl adjacent to an activating group) is 1. The number of anilines is 2. The van der Waals surface area contributed by atoms with Crippen molar-refractivity contribution in [2.75, 3.05) is 42.9 Å². The second-order valence-corrected chi connectivity index (χ2v) is 10.4. The molecule has 3 aromatic rings. The molecule has 3 heterocycles. The molecule has 1 aliphatic heterocycles. The van der Waals surface area contributed by atoms with Crippen LogP contribution in [0.25, 0.3) is 10.2 Å². The number of hydrogen-bond donors (Lipinski definition) is 1. The number of carbonyl (C=O) groups excluding carboxylic acids is 1. The van der Waals surface area contributed by atoms with Gasteiger partial charge in [0.05, 0.1) is 11.7 Å². The van der Waals surface area contributed by atoms with Crippen LogP contribution in [0.2, 0.25) is 0 Å². The lowest BCUT2D eigenvalue weighted by molar-refractivity contribution is -0.116. The molecule has 7 nitrogen and oxygen atoms in total. The van der Waals surface area contributed by atoms with Gasteiger partial charge in [-0.05, 0) is 68.5 Å². The molecule has 5 rings (SSSR count). The Morgan fingerprint density at radius 1 is 1.15 bits per heavy atom. The molecular weight excluding hydrogens is 446 g/mol. The van der Waals surface area contributed by atoms with E-state index in [4.69, 9.17) is 0 Å². The van der Waals surface area contributed by atoms with Gasteiger partial charge in [0.25, 0.3) is 5.56 Å². The zero-order valence-electron chi connectivity index (χ0n) is 20.1. The normalized spacial score (nSPS) is 16.6. The monoisotopic (exact) mass is 479 g/mol. The summed E-state index contributed by atoms with van der Waals surface area (Å²) < 4.78 is 1.59. The van der Waals surface area contributed by atoms with Crippen LogP contribution in [0.1, 0.15) is 42.2 Å². The number of amides is 1. The first-order valence-corrected chi connectivity index (χ1v) is 13.2. The molecule has 0 saturated carbocycles. The van der Waals surface area contributed by atoms with Crippen molar-refractivity contribution in [1.29, 1.82) is 0 Å². The molecule has 2 aliphatic rings. The maximum Gasteiger partial charge on any atom is 0.262 e. The summed E-state index contributed by atoms with van der Waals surface area (Å²) in [5.74, 6) is -0.0910. The Balaban J connectivity index is 1.22. The topological polar surface area (TPSA) is 70.5 Å². The number of rotatable bonds is 6. The highest BCUT2D eigenvalue weighted by Crippen LogP contribution is 2.33. The number of piperazine rings is 1. The first-order chi connectivity index (χ1) is 16.5. The van der Waals surface area contributed by atoms with Crippen LogP contribution in [-0.2, 0) is 24.2 Å². The minimum Gasteiger partial charge on any atom is -0.369 e. The first-order valence-electron chi connectivity index (χ1n) is 12.4. The molecule has 0 radical (unpaired) electrons. The van der Waals surface area contributed by atoms with Crippen molar-refractivity contribution in [1.82, 2.24) is 14.5 Å². The summed E-state index contributed by atoms with van der Waals surface area (Å²) >= 11 is 1.65. The fourth-order valence-corrected chi connectivity index (χ4v) is 6.30. The summed E-state index contributed by atoms with van der Waals surface area (Å²) in [6.07, 6.45) is 6.15. The van der Waals surface area contributed by atoms with Gasteiger partial charge in [-0.15, -0.1) is 11.3 Å². The zero-order chi connectivity index (χ0) is 23.7. The summed E-state index contributed by atoms with van der Waals surface area (Å²) in [5, 5.41) is 3.80. The van der Waals surface area contributed by atoms with Gasteiger partial charge < -0.3 is 15.1 Å². The van der Waals surface area contributed by atoms with Crippen molar-refractivity contribution >= 4 is 38.8 Å². The maximum atomic E-state index is 13.1. The lowest BCUT2D eigenvalue weighted by atomic mass is 9.97. The van der Waals surface area contributed by atoms with Crippen molar-refractivity contribution in [2.24, 2.45) is 0 Å². The van der Waals surface area contributed by atoms with Crippen LogP contribution >= 0.6 is 11.3 Å². The summed E-state index contributed by atoms with van der Waals surface area (Å²) in [6, 6.07) is 6.23. The SMILES string of the molecule is CCN1CCN(c2ccc(NC(=O)CCn3cnc4sc5c(c4c3=O)CCCC5)c(C)c2)CC1. The molecule has 34 heavy (non-hydrogen) atoms. The van der Waals surface area contributed by atoms with E-state index < -0.39 is 0 Å². The van der Waals surface area contributed by atoms with E-state index in [0.29, 0.717) is 6.54 Å². The molecule has 0 spiro atoms. The lowest BCUT2D eigenvalue weighted by Crippen LogP contribution is -2.46. The van der Waals surface area contributed by atoms with Crippen LogP contribution in [0.5, 0.6) is 0 Å². The van der Waals surface area contributed by atoms with Crippen molar-refractivity contribution in [3.63, 3.8) is 0 Å². The molecule has 180 valence electrons. The molecule has 1 aromatic carbocycles. The van der Waals surface area contributed by atoms with Crippen LogP contribution in [-0.4, -0.2) is 53.1 Å². The van der Waals surface area contributed by atoms with E-state index in [1.807, 2.05) is 13.0 Å². The van der Waals surface area contributed by atoms with Gasteiger partial charge in [0.2, 0.25) is 5.91 Å². The Morgan fingerprint density at radius 2 is 1.94 bits per heavy atom. The summed E-state index contributed by atoms with van der Waals surface area (Å²) in [4.78, 5) is 37.3. The van der Waals surface area contributed by atoms with Crippen molar-refractivity contribution in [3.8, 4) is 0 Å². The molecule has 2 aromatic heterocycles. The molecule has 0 atom stereocenters. The van der Waals surface area contributed by atoms with Crippen LogP contribution in [0.15, 0.2) is 29.3 Å². The largest absolute Gasteiger partial charge is 0.369 e. The van der Waals surface area contributed by atoms with E-state index in [1.54, 1.807) is 22.2 Å². The predicted octanol–water partition coefficient (Wildman–Crippen LogP) is 3.82. The number of carbonyl (C=O) groups is 1. The Kier molecular flexibility index (Phi) is 6.70. The van der Waals surface area contributed by atoms with E-state index in [0.717, 1.165) is 73.5 Å². The maximum absolute atomic E-state index is 13.1. The van der Waals surface area contributed by atoms with Gasteiger partial charge in [-0.3, -0.25) is 14.2 Å². The number of aryl methyl sites for hydroxylation is 4. The molecule has 1 aliphatic carbocycles. The van der Waals surface area contributed by atoms with Gasteiger partial charge in [-0.25, -0.2) is 4.98 Å². The molecule has 8 heteroatoms. The number of hydrogen-bond acceptors (Lipinski definition) is 6. The Hall–Kier alpha value is -2.71. The van der Waals surface area contributed by atoms with Crippen LogP contribution in [0, 0.1) is 6.92 Å². The summed E-state index contributed by atoms with van der Waals surface area (Å²) in [6.45, 7) is 9.89. The summed E-state index contributed by atoms with van der Waals surface area (Å²) in [5.41, 5.74) is 4.26. The average Bonchev–Trinajstić information content (AvgIpc) is 3.24. The number of fused-ring (bicyclic) bond motifs is 3. The van der Waals surface area contributed by atoms with Crippen LogP contribution in [0.3, 0.4) is 0 Å². The molecule has 1 amide bonds. The number of nitrogens with one attached hydrogen (secondary N) is 1. The van der Waals surface area contributed by atoms with E-state index in [2.05, 4.69) is 39.2 Å². The smallest absolute Gasteiger partial charge is 0.262 e. The predicted molar refractivity (Wildman–Crippen MR) is 139 cm³/mol. The number of thiophene rings is 1.